The molecule has 1 unspecified atom stereocenters. The van der Waals surface area contributed by atoms with Crippen LogP contribution >= 0.6 is 11.5 Å². The van der Waals surface area contributed by atoms with Gasteiger partial charge >= 0.3 is 6.03 Å². The van der Waals surface area contributed by atoms with Gasteiger partial charge in [0.25, 0.3) is 0 Å². The van der Waals surface area contributed by atoms with Gasteiger partial charge in [0.15, 0.2) is 5.82 Å². The minimum atomic E-state index is -0.181. The monoisotopic (exact) mass is 322 g/mol. The van der Waals surface area contributed by atoms with Gasteiger partial charge in [-0.3, -0.25) is 5.32 Å². The van der Waals surface area contributed by atoms with E-state index >= 15 is 0 Å². The average Bonchev–Trinajstić information content (AvgIpc) is 2.93. The molecular formula is C15H22N4O2S. The summed E-state index contributed by atoms with van der Waals surface area (Å²) in [7, 11) is 0. The maximum atomic E-state index is 12.1. The summed E-state index contributed by atoms with van der Waals surface area (Å²) in [6.45, 7) is 2.43. The molecule has 4 rings (SSSR count). The maximum absolute atomic E-state index is 12.1. The van der Waals surface area contributed by atoms with Crippen molar-refractivity contribution in [3.8, 4) is 0 Å². The van der Waals surface area contributed by atoms with Gasteiger partial charge in [0, 0.05) is 29.6 Å². The molecule has 0 aromatic carbocycles. The number of fused-ring (bicyclic) bond motifs is 1. The first-order valence-electron chi connectivity index (χ1n) is 8.10. The second-order valence-corrected chi connectivity index (χ2v) is 8.12. The summed E-state index contributed by atoms with van der Waals surface area (Å²) in [5, 5.41) is 15.7. The predicted molar refractivity (Wildman–Crippen MR) is 83.8 cm³/mol. The number of amides is 2. The Labute approximate surface area is 133 Å². The third-order valence-electron chi connectivity index (χ3n) is 5.68. The van der Waals surface area contributed by atoms with E-state index in [1.54, 1.807) is 0 Å². The zero-order chi connectivity index (χ0) is 15.3. The number of hydrogen-bond donors (Lipinski definition) is 3. The Hall–Kier alpha value is -1.21. The van der Waals surface area contributed by atoms with E-state index < -0.39 is 0 Å². The van der Waals surface area contributed by atoms with Gasteiger partial charge in [-0.2, -0.15) is 4.37 Å². The average molecular weight is 322 g/mol. The first-order chi connectivity index (χ1) is 10.6. The minimum absolute atomic E-state index is 0.136. The van der Waals surface area contributed by atoms with E-state index in [4.69, 9.17) is 0 Å². The molecule has 3 aliphatic rings. The highest BCUT2D eigenvalue weighted by Gasteiger charge is 2.48. The summed E-state index contributed by atoms with van der Waals surface area (Å²) < 4.78 is 4.35. The van der Waals surface area contributed by atoms with Crippen molar-refractivity contribution in [3.63, 3.8) is 0 Å². The van der Waals surface area contributed by atoms with Crippen LogP contribution < -0.4 is 10.6 Å². The molecule has 120 valence electrons. The fourth-order valence-electron chi connectivity index (χ4n) is 3.89. The lowest BCUT2D eigenvalue weighted by Gasteiger charge is -2.40. The number of hydrogen-bond acceptors (Lipinski definition) is 5. The van der Waals surface area contributed by atoms with E-state index in [9.17, 15) is 9.90 Å². The van der Waals surface area contributed by atoms with Gasteiger partial charge in [0.1, 0.15) is 0 Å². The second-order valence-electron chi connectivity index (χ2n) is 7.37. The molecule has 6 nitrogen and oxygen atoms in total. The Morgan fingerprint density at radius 3 is 2.95 bits per heavy atom. The zero-order valence-corrected chi connectivity index (χ0v) is 13.5. The molecular weight excluding hydrogens is 300 g/mol. The predicted octanol–water partition coefficient (Wildman–Crippen LogP) is 2.12. The maximum Gasteiger partial charge on any atom is 0.321 e. The molecule has 0 saturated heterocycles. The summed E-state index contributed by atoms with van der Waals surface area (Å²) >= 11 is 1.25. The topological polar surface area (TPSA) is 87.1 Å². The van der Waals surface area contributed by atoms with Crippen molar-refractivity contribution < 1.29 is 9.90 Å². The molecule has 0 radical (unpaired) electrons. The van der Waals surface area contributed by atoms with Crippen LogP contribution in [0.25, 0.3) is 0 Å². The van der Waals surface area contributed by atoms with E-state index in [1.807, 2.05) is 0 Å². The van der Waals surface area contributed by atoms with Gasteiger partial charge < -0.3 is 10.4 Å². The molecule has 3 fully saturated rings. The number of carbonyl (C=O) groups excluding carboxylic acids is 1. The molecule has 3 N–H and O–H groups in total. The van der Waals surface area contributed by atoms with Gasteiger partial charge in [0.2, 0.25) is 5.13 Å². The van der Waals surface area contributed by atoms with Gasteiger partial charge in [-0.05, 0) is 49.9 Å². The quantitative estimate of drug-likeness (QED) is 0.792. The van der Waals surface area contributed by atoms with Gasteiger partial charge in [-0.25, -0.2) is 9.78 Å². The summed E-state index contributed by atoms with van der Waals surface area (Å²) in [4.78, 5) is 16.5. The Kier molecular flexibility index (Phi) is 3.38. The van der Waals surface area contributed by atoms with Crippen molar-refractivity contribution in [2.75, 3.05) is 11.9 Å². The van der Waals surface area contributed by atoms with E-state index in [-0.39, 0.29) is 24.1 Å². The second kappa shape index (κ2) is 5.16. The van der Waals surface area contributed by atoms with E-state index in [1.165, 1.54) is 11.5 Å². The van der Waals surface area contributed by atoms with Crippen molar-refractivity contribution in [2.45, 2.75) is 50.5 Å². The molecule has 0 bridgehead atoms. The summed E-state index contributed by atoms with van der Waals surface area (Å²) in [6, 6.07) is 0.0643. The molecule has 0 aliphatic heterocycles. The number of aromatic nitrogens is 2. The molecule has 1 aromatic heterocycles. The number of nitrogens with one attached hydrogen (secondary N) is 2. The highest BCUT2D eigenvalue weighted by molar-refractivity contribution is 7.09. The fourth-order valence-corrected chi connectivity index (χ4v) is 4.59. The number of aliphatic hydroxyl groups excluding tert-OH is 1. The molecule has 1 aromatic rings. The van der Waals surface area contributed by atoms with Crippen molar-refractivity contribution in [3.05, 3.63) is 5.82 Å². The van der Waals surface area contributed by atoms with Crippen LogP contribution in [-0.2, 0) is 5.41 Å². The first-order valence-corrected chi connectivity index (χ1v) is 8.87. The van der Waals surface area contributed by atoms with Crippen molar-refractivity contribution in [1.29, 1.82) is 0 Å². The zero-order valence-electron chi connectivity index (χ0n) is 12.7. The lowest BCUT2D eigenvalue weighted by Crippen LogP contribution is -2.51. The smallest absolute Gasteiger partial charge is 0.321 e. The van der Waals surface area contributed by atoms with Crippen molar-refractivity contribution in [2.24, 2.45) is 17.8 Å². The van der Waals surface area contributed by atoms with Crippen LogP contribution in [-0.4, -0.2) is 33.1 Å². The molecule has 2 amide bonds. The van der Waals surface area contributed by atoms with Crippen LogP contribution in [0.15, 0.2) is 0 Å². The summed E-state index contributed by atoms with van der Waals surface area (Å²) in [5.41, 5.74) is 0.136. The van der Waals surface area contributed by atoms with Crippen LogP contribution in [0.1, 0.15) is 44.9 Å². The molecule has 0 spiro atoms. The molecule has 3 saturated carbocycles. The summed E-state index contributed by atoms with van der Waals surface area (Å²) in [6.07, 6.45) is 5.44. The normalized spacial score (nSPS) is 34.6. The Morgan fingerprint density at radius 2 is 2.23 bits per heavy atom. The highest BCUT2D eigenvalue weighted by Crippen LogP contribution is 2.49. The lowest BCUT2D eigenvalue weighted by molar-refractivity contribution is 0.144. The number of carbonyl (C=O) groups is 1. The number of rotatable bonds is 4. The molecule has 7 heteroatoms. The largest absolute Gasteiger partial charge is 0.396 e. The number of aliphatic hydroxyl groups is 1. The number of nitrogens with zero attached hydrogens (tertiary/aromatic N) is 2. The van der Waals surface area contributed by atoms with Crippen molar-refractivity contribution in [1.82, 2.24) is 14.7 Å². The van der Waals surface area contributed by atoms with E-state index in [0.717, 1.165) is 37.9 Å². The van der Waals surface area contributed by atoms with Gasteiger partial charge in [-0.15, -0.1) is 0 Å². The number of anilines is 1. The van der Waals surface area contributed by atoms with Gasteiger partial charge in [0.05, 0.1) is 0 Å². The lowest BCUT2D eigenvalue weighted by atomic mass is 9.71. The fraction of sp³-hybridized carbons (Fsp3) is 0.800. The molecule has 3 aliphatic carbocycles. The van der Waals surface area contributed by atoms with Crippen LogP contribution in [0, 0.1) is 17.8 Å². The highest BCUT2D eigenvalue weighted by atomic mass is 32.1. The third-order valence-corrected chi connectivity index (χ3v) is 6.31. The van der Waals surface area contributed by atoms with E-state index in [2.05, 4.69) is 26.9 Å². The standard InChI is InChI=1S/C15H22N4O2S/c1-15(2-3-15)12-17-14(22-19-12)18-13(21)16-11-6-9-4-8(7-20)5-10(9)11/h8-11,20H,2-7H2,1H3,(H2,16,17,18,19,21)/t8?,9-,10-,11+/m0/s1. The minimum Gasteiger partial charge on any atom is -0.396 e. The molecule has 22 heavy (non-hydrogen) atoms. The Balaban J connectivity index is 1.29. The van der Waals surface area contributed by atoms with Crippen LogP contribution in [0.5, 0.6) is 0 Å². The molecule has 1 heterocycles. The third kappa shape index (κ3) is 2.50. The number of urea groups is 1. The van der Waals surface area contributed by atoms with Crippen LogP contribution in [0.4, 0.5) is 9.93 Å². The summed E-state index contributed by atoms with van der Waals surface area (Å²) in [5.74, 6) is 2.51. The van der Waals surface area contributed by atoms with Gasteiger partial charge in [-0.1, -0.05) is 6.92 Å². The first kappa shape index (κ1) is 14.4. The Morgan fingerprint density at radius 1 is 1.41 bits per heavy atom. The van der Waals surface area contributed by atoms with Crippen LogP contribution in [0.2, 0.25) is 0 Å². The van der Waals surface area contributed by atoms with Crippen molar-refractivity contribution >= 4 is 22.7 Å². The SMILES string of the molecule is CC1(c2nsc(NC(=O)N[C@@H]3C[C@@H]4CC(CO)C[C@@H]43)n2)CC1. The van der Waals surface area contributed by atoms with E-state index in [0.29, 0.717) is 22.9 Å². The molecule has 4 atom stereocenters. The van der Waals surface area contributed by atoms with Crippen LogP contribution in [0.3, 0.4) is 0 Å². The Bertz CT molecular complexity index is 586.